The Morgan fingerprint density at radius 1 is 1.40 bits per heavy atom. The Morgan fingerprint density at radius 2 is 2.00 bits per heavy atom. The predicted molar refractivity (Wildman–Crippen MR) is 69.2 cm³/mol. The standard InChI is InChI=1S/C11H12N2O6S/c1-8(7-11(14)19-2)12-20(17,18)10-6-4-3-5-9(10)13(15)16/h3-7,12H,1-2H3/b8-7+. The van der Waals surface area contributed by atoms with E-state index in [1.54, 1.807) is 0 Å². The zero-order valence-electron chi connectivity index (χ0n) is 10.7. The van der Waals surface area contributed by atoms with Crippen molar-refractivity contribution in [3.05, 3.63) is 46.2 Å². The van der Waals surface area contributed by atoms with Crippen molar-refractivity contribution in [1.82, 2.24) is 4.72 Å². The quantitative estimate of drug-likeness (QED) is 0.374. The zero-order chi connectivity index (χ0) is 15.3. The van der Waals surface area contributed by atoms with Crippen molar-refractivity contribution in [3.63, 3.8) is 0 Å². The molecular weight excluding hydrogens is 288 g/mol. The molecule has 9 heteroatoms. The minimum atomic E-state index is -4.16. The predicted octanol–water partition coefficient (Wildman–Crippen LogP) is 0.950. The van der Waals surface area contributed by atoms with Crippen LogP contribution in [0.2, 0.25) is 0 Å². The molecular formula is C11H12N2O6S. The molecule has 0 fully saturated rings. The summed E-state index contributed by atoms with van der Waals surface area (Å²) >= 11 is 0. The maximum atomic E-state index is 12.0. The number of nitro groups is 1. The summed E-state index contributed by atoms with van der Waals surface area (Å²) < 4.78 is 30.5. The van der Waals surface area contributed by atoms with E-state index in [1.807, 2.05) is 0 Å². The van der Waals surface area contributed by atoms with Gasteiger partial charge in [0.05, 0.1) is 12.0 Å². The summed E-state index contributed by atoms with van der Waals surface area (Å²) in [5.74, 6) is -0.743. The summed E-state index contributed by atoms with van der Waals surface area (Å²) in [5, 5.41) is 10.8. The number of esters is 1. The first-order valence-corrected chi connectivity index (χ1v) is 6.78. The SMILES string of the molecule is COC(=O)/C=C(\C)NS(=O)(=O)c1ccccc1[N+](=O)[O-]. The van der Waals surface area contributed by atoms with E-state index in [0.29, 0.717) is 0 Å². The van der Waals surface area contributed by atoms with Crippen LogP contribution in [0.4, 0.5) is 5.69 Å². The van der Waals surface area contributed by atoms with Crippen LogP contribution < -0.4 is 4.72 Å². The van der Waals surface area contributed by atoms with Gasteiger partial charge in [-0.05, 0) is 13.0 Å². The van der Waals surface area contributed by atoms with Crippen molar-refractivity contribution in [3.8, 4) is 0 Å². The molecule has 1 rings (SSSR count). The van der Waals surface area contributed by atoms with E-state index in [0.717, 1.165) is 25.3 Å². The van der Waals surface area contributed by atoms with E-state index in [4.69, 9.17) is 0 Å². The first-order valence-electron chi connectivity index (χ1n) is 5.30. The Kier molecular flexibility index (Phi) is 4.81. The molecule has 0 heterocycles. The van der Waals surface area contributed by atoms with Gasteiger partial charge in [-0.1, -0.05) is 12.1 Å². The van der Waals surface area contributed by atoms with Crippen LogP contribution in [-0.4, -0.2) is 26.4 Å². The molecule has 0 spiro atoms. The summed E-state index contributed by atoms with van der Waals surface area (Å²) in [6.45, 7) is 1.32. The molecule has 0 saturated heterocycles. The molecule has 1 N–H and O–H groups in total. The van der Waals surface area contributed by atoms with Crippen LogP contribution in [0.5, 0.6) is 0 Å². The van der Waals surface area contributed by atoms with Gasteiger partial charge >= 0.3 is 5.97 Å². The number of carbonyl (C=O) groups excluding carboxylic acids is 1. The van der Waals surface area contributed by atoms with E-state index in [9.17, 15) is 23.3 Å². The number of para-hydroxylation sites is 1. The largest absolute Gasteiger partial charge is 0.466 e. The number of carbonyl (C=O) groups is 1. The molecule has 0 atom stereocenters. The third kappa shape index (κ3) is 3.79. The summed E-state index contributed by atoms with van der Waals surface area (Å²) in [7, 11) is -3.02. The lowest BCUT2D eigenvalue weighted by Crippen LogP contribution is -2.23. The van der Waals surface area contributed by atoms with Gasteiger partial charge in [0.1, 0.15) is 0 Å². The Morgan fingerprint density at radius 3 is 2.55 bits per heavy atom. The minimum absolute atomic E-state index is 0.0185. The number of rotatable bonds is 5. The van der Waals surface area contributed by atoms with Gasteiger partial charge in [-0.15, -0.1) is 0 Å². The van der Waals surface area contributed by atoms with Crippen LogP contribution in [0, 0.1) is 10.1 Å². The van der Waals surface area contributed by atoms with Crippen LogP contribution in [0.25, 0.3) is 0 Å². The van der Waals surface area contributed by atoms with E-state index in [2.05, 4.69) is 9.46 Å². The molecule has 1 aromatic rings. The van der Waals surface area contributed by atoms with Crippen molar-refractivity contribution in [2.75, 3.05) is 7.11 Å². The van der Waals surface area contributed by atoms with Crippen LogP contribution in [-0.2, 0) is 19.6 Å². The van der Waals surface area contributed by atoms with Gasteiger partial charge in [-0.25, -0.2) is 13.2 Å². The van der Waals surface area contributed by atoms with Gasteiger partial charge in [0.2, 0.25) is 0 Å². The summed E-state index contributed by atoms with van der Waals surface area (Å²) in [6.07, 6.45) is 0.923. The molecule has 0 bridgehead atoms. The number of nitro benzene ring substituents is 1. The molecule has 0 saturated carbocycles. The topological polar surface area (TPSA) is 116 Å². The highest BCUT2D eigenvalue weighted by Crippen LogP contribution is 2.23. The van der Waals surface area contributed by atoms with Gasteiger partial charge in [0.15, 0.2) is 4.90 Å². The van der Waals surface area contributed by atoms with Crippen molar-refractivity contribution < 1.29 is 22.9 Å². The number of methoxy groups -OCH3 is 1. The Balaban J connectivity index is 3.16. The Bertz CT molecular complexity index is 665. The molecule has 0 amide bonds. The second-order valence-electron chi connectivity index (χ2n) is 3.68. The minimum Gasteiger partial charge on any atom is -0.466 e. The highest BCUT2D eigenvalue weighted by atomic mass is 32.2. The highest BCUT2D eigenvalue weighted by Gasteiger charge is 2.25. The fourth-order valence-corrected chi connectivity index (χ4v) is 2.64. The first kappa shape index (κ1) is 15.6. The Hall–Kier alpha value is -2.42. The van der Waals surface area contributed by atoms with E-state index in [-0.39, 0.29) is 5.70 Å². The number of nitrogens with one attached hydrogen (secondary N) is 1. The fraction of sp³-hybridized carbons (Fsp3) is 0.182. The lowest BCUT2D eigenvalue weighted by atomic mass is 10.3. The van der Waals surface area contributed by atoms with Crippen LogP contribution >= 0.6 is 0 Å². The fourth-order valence-electron chi connectivity index (χ4n) is 1.37. The average Bonchev–Trinajstić information content (AvgIpc) is 2.37. The first-order chi connectivity index (χ1) is 9.27. The third-order valence-electron chi connectivity index (χ3n) is 2.18. The van der Waals surface area contributed by atoms with Gasteiger partial charge in [0, 0.05) is 17.8 Å². The number of ether oxygens (including phenoxy) is 1. The second kappa shape index (κ2) is 6.15. The molecule has 0 aliphatic carbocycles. The normalized spacial score (nSPS) is 11.8. The number of hydrogen-bond donors (Lipinski definition) is 1. The van der Waals surface area contributed by atoms with Crippen molar-refractivity contribution in [1.29, 1.82) is 0 Å². The second-order valence-corrected chi connectivity index (χ2v) is 5.33. The van der Waals surface area contributed by atoms with Gasteiger partial charge in [-0.3, -0.25) is 14.8 Å². The molecule has 0 aliphatic rings. The molecule has 0 aromatic heterocycles. The maximum Gasteiger partial charge on any atom is 0.332 e. The summed E-state index contributed by atoms with van der Waals surface area (Å²) in [5.41, 5.74) is -0.569. The Labute approximate surface area is 115 Å². The number of benzene rings is 1. The van der Waals surface area contributed by atoms with Crippen molar-refractivity contribution >= 4 is 21.7 Å². The van der Waals surface area contributed by atoms with Crippen molar-refractivity contribution in [2.45, 2.75) is 11.8 Å². The lowest BCUT2D eigenvalue weighted by Gasteiger charge is -2.08. The highest BCUT2D eigenvalue weighted by molar-refractivity contribution is 7.89. The maximum absolute atomic E-state index is 12.0. The monoisotopic (exact) mass is 300 g/mol. The number of sulfonamides is 1. The van der Waals surface area contributed by atoms with Crippen LogP contribution in [0.15, 0.2) is 40.9 Å². The van der Waals surface area contributed by atoms with Crippen LogP contribution in [0.3, 0.4) is 0 Å². The average molecular weight is 300 g/mol. The number of allylic oxidation sites excluding steroid dienone is 1. The van der Waals surface area contributed by atoms with Gasteiger partial charge < -0.3 is 4.74 Å². The van der Waals surface area contributed by atoms with Gasteiger partial charge in [0.25, 0.3) is 15.7 Å². The lowest BCUT2D eigenvalue weighted by molar-refractivity contribution is -0.387. The number of hydrogen-bond acceptors (Lipinski definition) is 6. The smallest absolute Gasteiger partial charge is 0.332 e. The van der Waals surface area contributed by atoms with E-state index >= 15 is 0 Å². The van der Waals surface area contributed by atoms with E-state index in [1.165, 1.54) is 19.1 Å². The molecule has 1 aromatic carbocycles. The molecule has 0 radical (unpaired) electrons. The molecule has 0 unspecified atom stereocenters. The molecule has 108 valence electrons. The van der Waals surface area contributed by atoms with E-state index < -0.39 is 31.5 Å². The zero-order valence-corrected chi connectivity index (χ0v) is 11.5. The van der Waals surface area contributed by atoms with Crippen molar-refractivity contribution in [2.24, 2.45) is 0 Å². The summed E-state index contributed by atoms with van der Waals surface area (Å²) in [4.78, 5) is 20.5. The van der Waals surface area contributed by atoms with Crippen LogP contribution in [0.1, 0.15) is 6.92 Å². The molecule has 8 nitrogen and oxygen atoms in total. The summed E-state index contributed by atoms with van der Waals surface area (Å²) in [6, 6.07) is 4.90. The third-order valence-corrected chi connectivity index (χ3v) is 3.70. The molecule has 0 aliphatic heterocycles. The number of nitrogens with zero attached hydrogens (tertiary/aromatic N) is 1. The van der Waals surface area contributed by atoms with Gasteiger partial charge in [-0.2, -0.15) is 0 Å². The molecule has 20 heavy (non-hydrogen) atoms.